The molecule has 0 amide bonds. The van der Waals surface area contributed by atoms with Crippen molar-refractivity contribution in [2.45, 2.75) is 73.1 Å². The van der Waals surface area contributed by atoms with Gasteiger partial charge in [-0.05, 0) is 37.0 Å². The quantitative estimate of drug-likeness (QED) is 0.537. The third kappa shape index (κ3) is 4.86. The van der Waals surface area contributed by atoms with E-state index in [1.807, 2.05) is 0 Å². The Morgan fingerprint density at radius 2 is 1.67 bits per heavy atom. The minimum Gasteiger partial charge on any atom is -0.0796 e. The molecule has 0 heteroatoms. The fourth-order valence-corrected chi connectivity index (χ4v) is 2.99. The molecular formula is C15H28. The Kier molecular flexibility index (Phi) is 4.03. The van der Waals surface area contributed by atoms with E-state index >= 15 is 0 Å². The van der Waals surface area contributed by atoms with E-state index in [4.69, 9.17) is 0 Å². The molecule has 1 fully saturated rings. The molecule has 1 aliphatic rings. The first-order valence-electron chi connectivity index (χ1n) is 6.49. The van der Waals surface area contributed by atoms with Crippen molar-refractivity contribution in [3.8, 4) is 0 Å². The summed E-state index contributed by atoms with van der Waals surface area (Å²) in [5.74, 6) is 0. The average Bonchev–Trinajstić information content (AvgIpc) is 1.99. The van der Waals surface area contributed by atoms with Gasteiger partial charge < -0.3 is 0 Å². The second-order valence-electron chi connectivity index (χ2n) is 6.94. The Morgan fingerprint density at radius 1 is 1.13 bits per heavy atom. The summed E-state index contributed by atoms with van der Waals surface area (Å²) in [6.07, 6.45) is 10.9. The first-order chi connectivity index (χ1) is 6.81. The molecule has 0 bridgehead atoms. The van der Waals surface area contributed by atoms with Crippen LogP contribution in [0.4, 0.5) is 0 Å². The smallest absolute Gasteiger partial charge is 0.0144 e. The van der Waals surface area contributed by atoms with Crippen molar-refractivity contribution in [3.05, 3.63) is 11.6 Å². The van der Waals surface area contributed by atoms with Gasteiger partial charge in [0.05, 0.1) is 0 Å². The molecule has 15 heavy (non-hydrogen) atoms. The van der Waals surface area contributed by atoms with Crippen molar-refractivity contribution in [3.63, 3.8) is 0 Å². The van der Waals surface area contributed by atoms with Crippen LogP contribution in [0.1, 0.15) is 73.1 Å². The van der Waals surface area contributed by atoms with Crippen LogP contribution >= 0.6 is 0 Å². The van der Waals surface area contributed by atoms with Crippen molar-refractivity contribution < 1.29 is 0 Å². The molecule has 0 saturated heterocycles. The van der Waals surface area contributed by atoms with Gasteiger partial charge in [0.15, 0.2) is 0 Å². The summed E-state index contributed by atoms with van der Waals surface area (Å²) in [6.45, 7) is 11.7. The maximum atomic E-state index is 2.57. The molecule has 0 aromatic rings. The van der Waals surface area contributed by atoms with E-state index in [0.717, 1.165) is 0 Å². The summed E-state index contributed by atoms with van der Waals surface area (Å²) in [5.41, 5.74) is 2.53. The molecule has 0 nitrogen and oxygen atoms in total. The minimum absolute atomic E-state index is 0.436. The molecule has 0 aromatic carbocycles. The van der Waals surface area contributed by atoms with Crippen LogP contribution in [0, 0.1) is 10.8 Å². The van der Waals surface area contributed by atoms with Crippen molar-refractivity contribution in [2.75, 3.05) is 0 Å². The molecule has 0 aliphatic heterocycles. The largest absolute Gasteiger partial charge is 0.0796 e. The van der Waals surface area contributed by atoms with Crippen molar-refractivity contribution in [1.82, 2.24) is 0 Å². The predicted molar refractivity (Wildman–Crippen MR) is 69.0 cm³/mol. The average molecular weight is 208 g/mol. The lowest BCUT2D eigenvalue weighted by Crippen LogP contribution is -2.18. The van der Waals surface area contributed by atoms with E-state index in [0.29, 0.717) is 10.8 Å². The van der Waals surface area contributed by atoms with Gasteiger partial charge in [0.2, 0.25) is 0 Å². The summed E-state index contributed by atoms with van der Waals surface area (Å²) >= 11 is 0. The molecule has 0 heterocycles. The van der Waals surface area contributed by atoms with Gasteiger partial charge in [-0.15, -0.1) is 0 Å². The van der Waals surface area contributed by atoms with Gasteiger partial charge in [-0.1, -0.05) is 58.6 Å². The van der Waals surface area contributed by atoms with Crippen molar-refractivity contribution in [1.29, 1.82) is 0 Å². The maximum Gasteiger partial charge on any atom is -0.0144 e. The third-order valence-corrected chi connectivity index (χ3v) is 3.40. The Labute approximate surface area is 96.2 Å². The molecule has 0 spiro atoms. The van der Waals surface area contributed by atoms with Crippen LogP contribution in [0.25, 0.3) is 0 Å². The van der Waals surface area contributed by atoms with Crippen LogP contribution in [0.3, 0.4) is 0 Å². The highest BCUT2D eigenvalue weighted by atomic mass is 14.3. The lowest BCUT2D eigenvalue weighted by Gasteiger charge is -2.32. The van der Waals surface area contributed by atoms with E-state index in [9.17, 15) is 0 Å². The van der Waals surface area contributed by atoms with E-state index in [1.54, 1.807) is 5.57 Å². The summed E-state index contributed by atoms with van der Waals surface area (Å²) in [5, 5.41) is 0. The summed E-state index contributed by atoms with van der Waals surface area (Å²) in [7, 11) is 0. The zero-order valence-electron chi connectivity index (χ0n) is 11.3. The maximum absolute atomic E-state index is 2.57. The van der Waals surface area contributed by atoms with Gasteiger partial charge in [0.1, 0.15) is 0 Å². The minimum atomic E-state index is 0.436. The molecule has 1 saturated carbocycles. The molecule has 0 radical (unpaired) electrons. The van der Waals surface area contributed by atoms with Crippen LogP contribution in [-0.4, -0.2) is 0 Å². The standard InChI is InChI=1S/C15H28/c1-13(11-14(2,3)4)12-15(5)9-7-6-8-10-15/h12H,6-11H2,1-5H3. The summed E-state index contributed by atoms with van der Waals surface area (Å²) in [4.78, 5) is 0. The summed E-state index contributed by atoms with van der Waals surface area (Å²) in [6, 6.07) is 0. The van der Waals surface area contributed by atoms with Gasteiger partial charge in [-0.3, -0.25) is 0 Å². The van der Waals surface area contributed by atoms with Crippen LogP contribution in [0.5, 0.6) is 0 Å². The van der Waals surface area contributed by atoms with Gasteiger partial charge >= 0.3 is 0 Å². The first kappa shape index (κ1) is 12.8. The van der Waals surface area contributed by atoms with Crippen molar-refractivity contribution in [2.24, 2.45) is 10.8 Å². The second kappa shape index (κ2) is 4.72. The monoisotopic (exact) mass is 208 g/mol. The van der Waals surface area contributed by atoms with Gasteiger partial charge in [-0.2, -0.15) is 0 Å². The van der Waals surface area contributed by atoms with E-state index in [-0.39, 0.29) is 0 Å². The fourth-order valence-electron chi connectivity index (χ4n) is 2.99. The Hall–Kier alpha value is -0.260. The second-order valence-corrected chi connectivity index (χ2v) is 6.94. The van der Waals surface area contributed by atoms with Crippen LogP contribution in [-0.2, 0) is 0 Å². The first-order valence-corrected chi connectivity index (χ1v) is 6.49. The van der Waals surface area contributed by atoms with E-state index in [1.165, 1.54) is 38.5 Å². The lowest BCUT2D eigenvalue weighted by atomic mass is 9.74. The topological polar surface area (TPSA) is 0 Å². The fraction of sp³-hybridized carbons (Fsp3) is 0.867. The van der Waals surface area contributed by atoms with Gasteiger partial charge in [0, 0.05) is 0 Å². The molecule has 0 unspecified atom stereocenters. The molecule has 1 aliphatic carbocycles. The van der Waals surface area contributed by atoms with Gasteiger partial charge in [0.25, 0.3) is 0 Å². The van der Waals surface area contributed by atoms with Crippen LogP contribution < -0.4 is 0 Å². The Balaban J connectivity index is 2.60. The van der Waals surface area contributed by atoms with Gasteiger partial charge in [-0.25, -0.2) is 0 Å². The zero-order valence-corrected chi connectivity index (χ0v) is 11.3. The van der Waals surface area contributed by atoms with Crippen molar-refractivity contribution >= 4 is 0 Å². The normalized spacial score (nSPS) is 22.9. The highest BCUT2D eigenvalue weighted by molar-refractivity contribution is 5.08. The zero-order chi connectivity index (χ0) is 11.5. The highest BCUT2D eigenvalue weighted by Gasteiger charge is 2.24. The number of allylic oxidation sites excluding steroid dienone is 2. The number of hydrogen-bond acceptors (Lipinski definition) is 0. The predicted octanol–water partition coefficient (Wildman–Crippen LogP) is 5.34. The SMILES string of the molecule is CC(=CC1(C)CCCCC1)CC(C)(C)C. The lowest BCUT2D eigenvalue weighted by molar-refractivity contribution is 0.282. The molecule has 0 atom stereocenters. The number of hydrogen-bond donors (Lipinski definition) is 0. The molecule has 1 rings (SSSR count). The molecule has 88 valence electrons. The number of rotatable bonds is 2. The van der Waals surface area contributed by atoms with Crippen LogP contribution in [0.2, 0.25) is 0 Å². The molecule has 0 aromatic heterocycles. The van der Waals surface area contributed by atoms with E-state index in [2.05, 4.69) is 40.7 Å². The molecular weight excluding hydrogens is 180 g/mol. The Morgan fingerprint density at radius 3 is 2.13 bits per heavy atom. The van der Waals surface area contributed by atoms with E-state index < -0.39 is 0 Å². The third-order valence-electron chi connectivity index (χ3n) is 3.40. The van der Waals surface area contributed by atoms with Crippen LogP contribution in [0.15, 0.2) is 11.6 Å². The highest BCUT2D eigenvalue weighted by Crippen LogP contribution is 2.39. The molecule has 0 N–H and O–H groups in total. The summed E-state index contributed by atoms with van der Waals surface area (Å²) < 4.78 is 0. The Bertz CT molecular complexity index is 221.